The third kappa shape index (κ3) is 4.85. The van der Waals surface area contributed by atoms with Gasteiger partial charge in [-0.1, -0.05) is 26.0 Å². The number of amides is 1. The van der Waals surface area contributed by atoms with Gasteiger partial charge in [-0.2, -0.15) is 0 Å². The molecule has 4 heteroatoms. The van der Waals surface area contributed by atoms with Crippen LogP contribution in [0.15, 0.2) is 24.3 Å². The van der Waals surface area contributed by atoms with Crippen molar-refractivity contribution in [2.75, 3.05) is 25.1 Å². The lowest BCUT2D eigenvalue weighted by Gasteiger charge is -2.23. The Kier molecular flexibility index (Phi) is 7.09. The number of carbonyl (C=O) groups is 1. The predicted molar refractivity (Wildman–Crippen MR) is 83.2 cm³/mol. The van der Waals surface area contributed by atoms with Crippen LogP contribution in [0.2, 0.25) is 0 Å². The first-order valence-corrected chi connectivity index (χ1v) is 7.31. The predicted octanol–water partition coefficient (Wildman–Crippen LogP) is 2.91. The zero-order chi connectivity index (χ0) is 15.0. The van der Waals surface area contributed by atoms with Crippen LogP contribution in [0.4, 0.5) is 5.69 Å². The summed E-state index contributed by atoms with van der Waals surface area (Å²) in [5, 5.41) is 6.27. The second-order valence-corrected chi connectivity index (χ2v) is 5.06. The van der Waals surface area contributed by atoms with E-state index in [1.54, 1.807) is 0 Å². The molecular formula is C16H26N2O2. The molecule has 0 spiro atoms. The van der Waals surface area contributed by atoms with Crippen LogP contribution in [0, 0.1) is 5.92 Å². The maximum atomic E-state index is 12.4. The summed E-state index contributed by atoms with van der Waals surface area (Å²) in [7, 11) is 0. The highest BCUT2D eigenvalue weighted by Gasteiger charge is 2.18. The minimum Gasteiger partial charge on any atom is -0.385 e. The number of hydrogen-bond acceptors (Lipinski definition) is 3. The molecule has 1 aromatic rings. The van der Waals surface area contributed by atoms with Crippen molar-refractivity contribution in [3.63, 3.8) is 0 Å². The Morgan fingerprint density at radius 1 is 1.25 bits per heavy atom. The van der Waals surface area contributed by atoms with E-state index < -0.39 is 0 Å². The maximum Gasteiger partial charge on any atom is 0.253 e. The van der Waals surface area contributed by atoms with E-state index in [0.717, 1.165) is 12.2 Å². The van der Waals surface area contributed by atoms with Gasteiger partial charge in [0, 0.05) is 18.8 Å². The fourth-order valence-corrected chi connectivity index (χ4v) is 1.92. The van der Waals surface area contributed by atoms with Crippen molar-refractivity contribution in [1.29, 1.82) is 0 Å². The molecule has 1 unspecified atom stereocenters. The first kappa shape index (κ1) is 16.5. The second-order valence-electron chi connectivity index (χ2n) is 5.06. The van der Waals surface area contributed by atoms with E-state index in [2.05, 4.69) is 24.5 Å². The van der Waals surface area contributed by atoms with Crippen molar-refractivity contribution in [1.82, 2.24) is 5.32 Å². The zero-order valence-corrected chi connectivity index (χ0v) is 12.9. The molecule has 0 aliphatic heterocycles. The monoisotopic (exact) mass is 278 g/mol. The Bertz CT molecular complexity index is 419. The van der Waals surface area contributed by atoms with Gasteiger partial charge in [0.15, 0.2) is 0 Å². The van der Waals surface area contributed by atoms with Crippen molar-refractivity contribution in [3.05, 3.63) is 29.8 Å². The molecule has 20 heavy (non-hydrogen) atoms. The van der Waals surface area contributed by atoms with E-state index in [1.165, 1.54) is 0 Å². The lowest BCUT2D eigenvalue weighted by molar-refractivity contribution is 0.0807. The third-order valence-corrected chi connectivity index (χ3v) is 3.16. The van der Waals surface area contributed by atoms with Crippen LogP contribution in [0.3, 0.4) is 0 Å². The van der Waals surface area contributed by atoms with Crippen LogP contribution >= 0.6 is 0 Å². The molecule has 1 amide bonds. The Morgan fingerprint density at radius 2 is 1.95 bits per heavy atom. The van der Waals surface area contributed by atoms with E-state index in [1.807, 2.05) is 38.1 Å². The van der Waals surface area contributed by atoms with E-state index >= 15 is 0 Å². The molecule has 2 N–H and O–H groups in total. The summed E-state index contributed by atoms with van der Waals surface area (Å²) in [6.07, 6.45) is 0. The summed E-state index contributed by atoms with van der Waals surface area (Å²) in [6.45, 7) is 10.1. The molecular weight excluding hydrogens is 252 g/mol. The summed E-state index contributed by atoms with van der Waals surface area (Å²) in [5.41, 5.74) is 1.54. The molecule has 0 saturated heterocycles. The molecule has 4 nitrogen and oxygen atoms in total. The lowest BCUT2D eigenvalue weighted by atomic mass is 10.0. The Labute approximate surface area is 121 Å². The molecule has 0 radical (unpaired) electrons. The van der Waals surface area contributed by atoms with Gasteiger partial charge in [0.05, 0.1) is 18.2 Å². The average molecular weight is 278 g/mol. The van der Waals surface area contributed by atoms with Gasteiger partial charge >= 0.3 is 0 Å². The molecule has 112 valence electrons. The minimum absolute atomic E-state index is 0.0251. The third-order valence-electron chi connectivity index (χ3n) is 3.16. The molecule has 0 bridgehead atoms. The topological polar surface area (TPSA) is 50.4 Å². The van der Waals surface area contributed by atoms with Crippen molar-refractivity contribution in [2.24, 2.45) is 5.92 Å². The first-order valence-electron chi connectivity index (χ1n) is 7.31. The SMILES string of the molecule is CCNc1ccccc1C(=O)NC(COCC)C(C)C. The zero-order valence-electron chi connectivity index (χ0n) is 12.9. The van der Waals surface area contributed by atoms with Crippen LogP contribution in [-0.4, -0.2) is 31.7 Å². The number of ether oxygens (including phenoxy) is 1. The highest BCUT2D eigenvalue weighted by Crippen LogP contribution is 2.15. The van der Waals surface area contributed by atoms with Gasteiger partial charge in [-0.05, 0) is 31.9 Å². The van der Waals surface area contributed by atoms with Crippen molar-refractivity contribution in [3.8, 4) is 0 Å². The van der Waals surface area contributed by atoms with Crippen molar-refractivity contribution in [2.45, 2.75) is 33.7 Å². The van der Waals surface area contributed by atoms with Crippen LogP contribution in [0.1, 0.15) is 38.1 Å². The van der Waals surface area contributed by atoms with Gasteiger partial charge in [0.2, 0.25) is 0 Å². The van der Waals surface area contributed by atoms with Crippen molar-refractivity contribution >= 4 is 11.6 Å². The van der Waals surface area contributed by atoms with E-state index in [0.29, 0.717) is 24.7 Å². The number of carbonyl (C=O) groups excluding carboxylic acids is 1. The number of benzene rings is 1. The van der Waals surface area contributed by atoms with Gasteiger partial charge < -0.3 is 15.4 Å². The number of hydrogen-bond donors (Lipinski definition) is 2. The summed E-state index contributed by atoms with van der Waals surface area (Å²) in [6, 6.07) is 7.59. The smallest absolute Gasteiger partial charge is 0.253 e. The molecule has 0 aliphatic rings. The van der Waals surface area contributed by atoms with Gasteiger partial charge in [-0.3, -0.25) is 4.79 Å². The van der Waals surface area contributed by atoms with Gasteiger partial charge in [0.25, 0.3) is 5.91 Å². The molecule has 0 saturated carbocycles. The molecule has 1 aromatic carbocycles. The normalized spacial score (nSPS) is 12.2. The Balaban J connectivity index is 2.78. The standard InChI is InChI=1S/C16H26N2O2/c1-5-17-14-10-8-7-9-13(14)16(19)18-15(12(3)4)11-20-6-2/h7-10,12,15,17H,5-6,11H2,1-4H3,(H,18,19). The summed E-state index contributed by atoms with van der Waals surface area (Å²) >= 11 is 0. The van der Waals surface area contributed by atoms with Crippen LogP contribution in [0.25, 0.3) is 0 Å². The highest BCUT2D eigenvalue weighted by molar-refractivity contribution is 5.99. The fraction of sp³-hybridized carbons (Fsp3) is 0.562. The summed E-state index contributed by atoms with van der Waals surface area (Å²) in [4.78, 5) is 12.4. The molecule has 1 atom stereocenters. The molecule has 0 aliphatic carbocycles. The van der Waals surface area contributed by atoms with Crippen LogP contribution in [-0.2, 0) is 4.74 Å². The van der Waals surface area contributed by atoms with Crippen LogP contribution < -0.4 is 10.6 Å². The summed E-state index contributed by atoms with van der Waals surface area (Å²) in [5.74, 6) is 0.275. The molecule has 1 rings (SSSR count). The maximum absolute atomic E-state index is 12.4. The van der Waals surface area contributed by atoms with Gasteiger partial charge in [-0.15, -0.1) is 0 Å². The average Bonchev–Trinajstić information content (AvgIpc) is 2.43. The molecule has 0 aromatic heterocycles. The quantitative estimate of drug-likeness (QED) is 0.768. The number of nitrogens with one attached hydrogen (secondary N) is 2. The highest BCUT2D eigenvalue weighted by atomic mass is 16.5. The second kappa shape index (κ2) is 8.59. The minimum atomic E-state index is -0.0556. The molecule has 0 fully saturated rings. The lowest BCUT2D eigenvalue weighted by Crippen LogP contribution is -2.42. The number of rotatable bonds is 8. The van der Waals surface area contributed by atoms with Crippen molar-refractivity contribution < 1.29 is 9.53 Å². The van der Waals surface area contributed by atoms with Crippen LogP contribution in [0.5, 0.6) is 0 Å². The van der Waals surface area contributed by atoms with E-state index in [-0.39, 0.29) is 11.9 Å². The first-order chi connectivity index (χ1) is 9.60. The largest absolute Gasteiger partial charge is 0.385 e. The number of anilines is 1. The van der Waals surface area contributed by atoms with E-state index in [9.17, 15) is 4.79 Å². The number of para-hydroxylation sites is 1. The van der Waals surface area contributed by atoms with E-state index in [4.69, 9.17) is 4.74 Å². The van der Waals surface area contributed by atoms with Gasteiger partial charge in [-0.25, -0.2) is 0 Å². The Hall–Kier alpha value is -1.55. The summed E-state index contributed by atoms with van der Waals surface area (Å²) < 4.78 is 5.44. The van der Waals surface area contributed by atoms with Gasteiger partial charge in [0.1, 0.15) is 0 Å². The Morgan fingerprint density at radius 3 is 2.55 bits per heavy atom. The molecule has 0 heterocycles. The fourth-order valence-electron chi connectivity index (χ4n) is 1.92.